The predicted molar refractivity (Wildman–Crippen MR) is 79.0 cm³/mol. The van der Waals surface area contributed by atoms with Crippen LogP contribution in [0.15, 0.2) is 42.5 Å². The minimum atomic E-state index is -0.204. The predicted octanol–water partition coefficient (Wildman–Crippen LogP) is 3.54. The molecule has 0 radical (unpaired) electrons. The highest BCUT2D eigenvalue weighted by Gasteiger charge is 2.27. The van der Waals surface area contributed by atoms with Gasteiger partial charge in [-0.2, -0.15) is 0 Å². The third-order valence-electron chi connectivity index (χ3n) is 3.70. The number of ether oxygens (including phenoxy) is 1. The van der Waals surface area contributed by atoms with Crippen LogP contribution in [0.4, 0.5) is 5.69 Å². The summed E-state index contributed by atoms with van der Waals surface area (Å²) in [6.45, 7) is 2.12. The van der Waals surface area contributed by atoms with Gasteiger partial charge in [-0.25, -0.2) is 0 Å². The molecule has 3 nitrogen and oxygen atoms in total. The molecule has 1 atom stereocenters. The van der Waals surface area contributed by atoms with E-state index in [-0.39, 0.29) is 11.9 Å². The minimum absolute atomic E-state index is 0.0862. The lowest BCUT2D eigenvalue weighted by atomic mass is 9.95. The number of Topliss-reactive ketones (excluding diaryl/α,β-unsaturated/α-hetero) is 1. The maximum absolute atomic E-state index is 12.2. The van der Waals surface area contributed by atoms with Crippen molar-refractivity contribution in [2.75, 3.05) is 5.73 Å². The minimum Gasteiger partial charge on any atom is -0.484 e. The molecule has 0 aromatic heterocycles. The molecule has 1 unspecified atom stereocenters. The van der Waals surface area contributed by atoms with E-state index in [4.69, 9.17) is 10.5 Å². The largest absolute Gasteiger partial charge is 0.484 e. The van der Waals surface area contributed by atoms with Gasteiger partial charge in [0, 0.05) is 5.69 Å². The molecular formula is C17H17NO2. The van der Waals surface area contributed by atoms with Crippen LogP contribution in [0.5, 0.6) is 5.75 Å². The normalized spacial score (nSPS) is 17.4. The van der Waals surface area contributed by atoms with Gasteiger partial charge in [-0.15, -0.1) is 0 Å². The fraction of sp³-hybridized carbons (Fsp3) is 0.235. The Hall–Kier alpha value is -2.29. The SMILES string of the molecule is CCc1ccc(C2CC(=O)c3cc(N)ccc3O2)cc1. The zero-order valence-electron chi connectivity index (χ0n) is 11.4. The zero-order chi connectivity index (χ0) is 14.1. The zero-order valence-corrected chi connectivity index (χ0v) is 11.4. The van der Waals surface area contributed by atoms with Crippen LogP contribution in [-0.4, -0.2) is 5.78 Å². The van der Waals surface area contributed by atoms with Crippen molar-refractivity contribution < 1.29 is 9.53 Å². The second kappa shape index (κ2) is 5.00. The van der Waals surface area contributed by atoms with Crippen LogP contribution >= 0.6 is 0 Å². The molecule has 102 valence electrons. The number of aryl methyl sites for hydroxylation is 1. The van der Waals surface area contributed by atoms with Crippen LogP contribution in [0.25, 0.3) is 0 Å². The summed E-state index contributed by atoms with van der Waals surface area (Å²) in [6.07, 6.45) is 1.17. The van der Waals surface area contributed by atoms with Crippen LogP contribution in [0.1, 0.15) is 40.9 Å². The van der Waals surface area contributed by atoms with Crippen LogP contribution in [0.2, 0.25) is 0 Å². The van der Waals surface area contributed by atoms with E-state index < -0.39 is 0 Å². The van der Waals surface area contributed by atoms with Gasteiger partial charge in [0.05, 0.1) is 12.0 Å². The Morgan fingerprint density at radius 3 is 2.65 bits per heavy atom. The fourth-order valence-electron chi connectivity index (χ4n) is 2.50. The van der Waals surface area contributed by atoms with Crippen molar-refractivity contribution >= 4 is 11.5 Å². The van der Waals surface area contributed by atoms with E-state index in [9.17, 15) is 4.79 Å². The first kappa shape index (κ1) is 12.7. The summed E-state index contributed by atoms with van der Waals surface area (Å²) >= 11 is 0. The van der Waals surface area contributed by atoms with E-state index in [0.29, 0.717) is 23.4 Å². The summed E-state index contributed by atoms with van der Waals surface area (Å²) in [5.41, 5.74) is 9.21. The van der Waals surface area contributed by atoms with E-state index in [1.165, 1.54) is 5.56 Å². The molecule has 0 saturated heterocycles. The van der Waals surface area contributed by atoms with Crippen molar-refractivity contribution in [2.45, 2.75) is 25.9 Å². The van der Waals surface area contributed by atoms with E-state index in [2.05, 4.69) is 19.1 Å². The lowest BCUT2D eigenvalue weighted by Gasteiger charge is -2.25. The number of nitrogen functional groups attached to an aromatic ring is 1. The molecular weight excluding hydrogens is 250 g/mol. The van der Waals surface area contributed by atoms with Crippen molar-refractivity contribution in [2.24, 2.45) is 0 Å². The topological polar surface area (TPSA) is 52.3 Å². The third-order valence-corrected chi connectivity index (χ3v) is 3.70. The molecule has 1 aliphatic heterocycles. The van der Waals surface area contributed by atoms with Gasteiger partial charge in [-0.3, -0.25) is 4.79 Å². The highest BCUT2D eigenvalue weighted by molar-refractivity contribution is 6.00. The molecule has 2 N–H and O–H groups in total. The van der Waals surface area contributed by atoms with Gasteiger partial charge >= 0.3 is 0 Å². The molecule has 1 aliphatic rings. The Labute approximate surface area is 118 Å². The smallest absolute Gasteiger partial charge is 0.170 e. The standard InChI is InChI=1S/C17H17NO2/c1-2-11-3-5-12(6-4-11)17-10-15(19)14-9-13(18)7-8-16(14)20-17/h3-9,17H,2,10,18H2,1H3. The number of fused-ring (bicyclic) bond motifs is 1. The summed E-state index contributed by atoms with van der Waals surface area (Å²) in [5.74, 6) is 0.711. The van der Waals surface area contributed by atoms with Crippen molar-refractivity contribution in [1.29, 1.82) is 0 Å². The van der Waals surface area contributed by atoms with Gasteiger partial charge < -0.3 is 10.5 Å². The monoisotopic (exact) mass is 267 g/mol. The average molecular weight is 267 g/mol. The number of benzene rings is 2. The van der Waals surface area contributed by atoms with Crippen LogP contribution in [0, 0.1) is 0 Å². The Morgan fingerprint density at radius 1 is 1.20 bits per heavy atom. The summed E-state index contributed by atoms with van der Waals surface area (Å²) in [4.78, 5) is 12.2. The molecule has 0 aliphatic carbocycles. The van der Waals surface area contributed by atoms with Gasteiger partial charge in [0.25, 0.3) is 0 Å². The Morgan fingerprint density at radius 2 is 1.95 bits per heavy atom. The number of carbonyl (C=O) groups excluding carboxylic acids is 1. The van der Waals surface area contributed by atoms with Gasteiger partial charge in [0.2, 0.25) is 0 Å². The van der Waals surface area contributed by atoms with Gasteiger partial charge in [0.15, 0.2) is 5.78 Å². The molecule has 0 spiro atoms. The number of rotatable bonds is 2. The van der Waals surface area contributed by atoms with E-state index in [1.54, 1.807) is 18.2 Å². The molecule has 2 aromatic carbocycles. The second-order valence-corrected chi connectivity index (χ2v) is 5.08. The number of hydrogen-bond acceptors (Lipinski definition) is 3. The van der Waals surface area contributed by atoms with E-state index in [1.807, 2.05) is 12.1 Å². The summed E-state index contributed by atoms with van der Waals surface area (Å²) < 4.78 is 5.94. The quantitative estimate of drug-likeness (QED) is 0.847. The van der Waals surface area contributed by atoms with Crippen molar-refractivity contribution in [1.82, 2.24) is 0 Å². The van der Waals surface area contributed by atoms with Gasteiger partial charge in [0.1, 0.15) is 11.9 Å². The van der Waals surface area contributed by atoms with Crippen LogP contribution in [0.3, 0.4) is 0 Å². The van der Waals surface area contributed by atoms with Crippen LogP contribution in [-0.2, 0) is 6.42 Å². The van der Waals surface area contributed by atoms with E-state index in [0.717, 1.165) is 12.0 Å². The lowest BCUT2D eigenvalue weighted by molar-refractivity contribution is 0.0850. The average Bonchev–Trinajstić information content (AvgIpc) is 2.48. The van der Waals surface area contributed by atoms with Crippen molar-refractivity contribution in [3.8, 4) is 5.75 Å². The Balaban J connectivity index is 1.90. The van der Waals surface area contributed by atoms with Crippen molar-refractivity contribution in [3.63, 3.8) is 0 Å². The molecule has 0 amide bonds. The number of hydrogen-bond donors (Lipinski definition) is 1. The number of carbonyl (C=O) groups is 1. The highest BCUT2D eigenvalue weighted by atomic mass is 16.5. The number of nitrogens with two attached hydrogens (primary N) is 1. The van der Waals surface area contributed by atoms with Gasteiger partial charge in [-0.1, -0.05) is 31.2 Å². The second-order valence-electron chi connectivity index (χ2n) is 5.08. The first-order valence-corrected chi connectivity index (χ1v) is 6.85. The Bertz CT molecular complexity index is 647. The highest BCUT2D eigenvalue weighted by Crippen LogP contribution is 2.35. The Kier molecular flexibility index (Phi) is 3.18. The van der Waals surface area contributed by atoms with Gasteiger partial charge in [-0.05, 0) is 35.7 Å². The summed E-state index contributed by atoms with van der Waals surface area (Å²) in [7, 11) is 0. The fourth-order valence-corrected chi connectivity index (χ4v) is 2.50. The first-order chi connectivity index (χ1) is 9.67. The third kappa shape index (κ3) is 2.27. The molecule has 1 heterocycles. The van der Waals surface area contributed by atoms with Crippen molar-refractivity contribution in [3.05, 3.63) is 59.2 Å². The summed E-state index contributed by atoms with van der Waals surface area (Å²) in [5, 5.41) is 0. The maximum atomic E-state index is 12.2. The molecule has 0 bridgehead atoms. The first-order valence-electron chi connectivity index (χ1n) is 6.85. The summed E-state index contributed by atoms with van der Waals surface area (Å²) in [6, 6.07) is 13.5. The molecule has 0 fully saturated rings. The lowest BCUT2D eigenvalue weighted by Crippen LogP contribution is -2.20. The van der Waals surface area contributed by atoms with E-state index >= 15 is 0 Å². The maximum Gasteiger partial charge on any atom is 0.170 e. The number of ketones is 1. The molecule has 20 heavy (non-hydrogen) atoms. The number of anilines is 1. The molecule has 0 saturated carbocycles. The molecule has 3 rings (SSSR count). The molecule has 3 heteroatoms. The molecule has 2 aromatic rings. The van der Waals surface area contributed by atoms with Crippen LogP contribution < -0.4 is 10.5 Å².